The minimum Gasteiger partial charge on any atom is -0.469 e. The van der Waals surface area contributed by atoms with Crippen LogP contribution in [0.1, 0.15) is 64.3 Å². The highest BCUT2D eigenvalue weighted by atomic mass is 16.6. The molecule has 1 aromatic rings. The van der Waals surface area contributed by atoms with E-state index in [1.807, 2.05) is 27.7 Å². The van der Waals surface area contributed by atoms with Gasteiger partial charge in [-0.3, -0.25) is 0 Å². The number of carbonyl (C=O) groups is 1. The Balaban J connectivity index is 1.73. The van der Waals surface area contributed by atoms with Gasteiger partial charge in [0.2, 0.25) is 0 Å². The van der Waals surface area contributed by atoms with Crippen LogP contribution in [-0.2, 0) is 11.2 Å². The molecule has 0 aliphatic heterocycles. The fraction of sp³-hybridized carbons (Fsp3) is 0.722. The van der Waals surface area contributed by atoms with Crippen LogP contribution < -0.4 is 5.32 Å². The molecule has 5 nitrogen and oxygen atoms in total. The molecule has 1 aliphatic carbocycles. The van der Waals surface area contributed by atoms with Gasteiger partial charge in [0, 0.05) is 31.1 Å². The molecule has 0 aromatic carbocycles. The molecule has 1 N–H and O–H groups in total. The van der Waals surface area contributed by atoms with Crippen molar-refractivity contribution in [1.29, 1.82) is 0 Å². The van der Waals surface area contributed by atoms with Crippen molar-refractivity contribution in [3.05, 3.63) is 23.7 Å². The maximum atomic E-state index is 12.1. The number of rotatable bonds is 6. The molecule has 0 spiro atoms. The molecule has 130 valence electrons. The van der Waals surface area contributed by atoms with Gasteiger partial charge in [0.05, 0.1) is 6.26 Å². The lowest BCUT2D eigenvalue weighted by Gasteiger charge is -2.27. The highest BCUT2D eigenvalue weighted by molar-refractivity contribution is 5.68. The zero-order valence-corrected chi connectivity index (χ0v) is 14.9. The average molecular weight is 322 g/mol. The van der Waals surface area contributed by atoms with Gasteiger partial charge in [0.1, 0.15) is 11.4 Å². The summed E-state index contributed by atoms with van der Waals surface area (Å²) in [4.78, 5) is 13.8. The van der Waals surface area contributed by atoms with Crippen molar-refractivity contribution >= 4 is 6.09 Å². The van der Waals surface area contributed by atoms with Crippen molar-refractivity contribution in [1.82, 2.24) is 10.2 Å². The summed E-state index contributed by atoms with van der Waals surface area (Å²) in [5.74, 6) is 1.12. The number of nitrogens with zero attached hydrogens (tertiary/aromatic N) is 1. The van der Waals surface area contributed by atoms with Crippen LogP contribution in [0.5, 0.6) is 0 Å². The van der Waals surface area contributed by atoms with E-state index in [0.717, 1.165) is 38.0 Å². The van der Waals surface area contributed by atoms with Gasteiger partial charge < -0.3 is 19.4 Å². The number of nitrogens with one attached hydrogen (secondary N) is 1. The number of hydrogen-bond donors (Lipinski definition) is 1. The molecule has 0 bridgehead atoms. The van der Waals surface area contributed by atoms with Crippen LogP contribution in [0.3, 0.4) is 0 Å². The van der Waals surface area contributed by atoms with Crippen molar-refractivity contribution in [3.8, 4) is 0 Å². The number of amides is 1. The highest BCUT2D eigenvalue weighted by Crippen LogP contribution is 2.30. The Labute approximate surface area is 139 Å². The van der Waals surface area contributed by atoms with Crippen molar-refractivity contribution < 1.29 is 13.9 Å². The molecule has 0 fully saturated rings. The summed E-state index contributed by atoms with van der Waals surface area (Å²) in [6, 6.07) is 2.46. The molecule has 0 saturated carbocycles. The molecule has 1 aliphatic rings. The van der Waals surface area contributed by atoms with Crippen molar-refractivity contribution in [3.63, 3.8) is 0 Å². The molecule has 1 amide bonds. The molecular weight excluding hydrogens is 292 g/mol. The molecular formula is C18H30N2O3. The molecule has 1 heterocycles. The van der Waals surface area contributed by atoms with Gasteiger partial charge in [0.15, 0.2) is 0 Å². The van der Waals surface area contributed by atoms with Gasteiger partial charge in [-0.05, 0) is 59.6 Å². The van der Waals surface area contributed by atoms with Gasteiger partial charge in [-0.25, -0.2) is 4.79 Å². The lowest BCUT2D eigenvalue weighted by molar-refractivity contribution is 0.0258. The predicted octanol–water partition coefficient (Wildman–Crippen LogP) is 3.89. The number of fused-ring (bicyclic) bond motifs is 1. The fourth-order valence-corrected chi connectivity index (χ4v) is 2.95. The molecule has 23 heavy (non-hydrogen) atoms. The number of furan rings is 1. The summed E-state index contributed by atoms with van der Waals surface area (Å²) >= 11 is 0. The number of hydrogen-bond acceptors (Lipinski definition) is 4. The summed E-state index contributed by atoms with van der Waals surface area (Å²) < 4.78 is 10.9. The molecule has 5 heteroatoms. The first-order valence-corrected chi connectivity index (χ1v) is 8.68. The Kier molecular flexibility index (Phi) is 6.10. The van der Waals surface area contributed by atoms with E-state index in [9.17, 15) is 4.79 Å². The van der Waals surface area contributed by atoms with Gasteiger partial charge in [-0.2, -0.15) is 0 Å². The van der Waals surface area contributed by atoms with E-state index < -0.39 is 5.60 Å². The van der Waals surface area contributed by atoms with Crippen LogP contribution in [0, 0.1) is 0 Å². The number of carbonyl (C=O) groups excluding carboxylic acids is 1. The van der Waals surface area contributed by atoms with E-state index in [1.54, 1.807) is 11.2 Å². The third kappa shape index (κ3) is 5.27. The Hall–Kier alpha value is -1.49. The molecule has 2 rings (SSSR count). The SMILES string of the molecule is CCN(CCCNC1CCCc2occc21)C(=O)OC(C)(C)C. The minimum atomic E-state index is -0.442. The lowest BCUT2D eigenvalue weighted by atomic mass is 9.93. The number of aryl methyl sites for hydroxylation is 1. The standard InChI is InChI=1S/C18H30N2O3/c1-5-20(17(21)23-18(2,3)4)12-7-11-19-15-8-6-9-16-14(15)10-13-22-16/h10,13,15,19H,5-9,11-12H2,1-4H3. The zero-order valence-electron chi connectivity index (χ0n) is 14.9. The van der Waals surface area contributed by atoms with Crippen molar-refractivity contribution in [2.75, 3.05) is 19.6 Å². The maximum absolute atomic E-state index is 12.1. The van der Waals surface area contributed by atoms with Crippen LogP contribution in [0.25, 0.3) is 0 Å². The maximum Gasteiger partial charge on any atom is 0.410 e. The summed E-state index contributed by atoms with van der Waals surface area (Å²) in [5.41, 5.74) is 0.860. The van der Waals surface area contributed by atoms with Crippen molar-refractivity contribution in [2.45, 2.75) is 65.0 Å². The summed E-state index contributed by atoms with van der Waals surface area (Å²) in [6.07, 6.45) is 5.83. The largest absolute Gasteiger partial charge is 0.469 e. The molecule has 0 radical (unpaired) electrons. The second-order valence-electron chi connectivity index (χ2n) is 7.11. The fourth-order valence-electron chi connectivity index (χ4n) is 2.95. The third-order valence-corrected chi connectivity index (χ3v) is 4.08. The van der Waals surface area contributed by atoms with Crippen LogP contribution in [0.4, 0.5) is 4.79 Å². The monoisotopic (exact) mass is 322 g/mol. The molecule has 1 unspecified atom stereocenters. The van der Waals surface area contributed by atoms with E-state index in [0.29, 0.717) is 19.1 Å². The van der Waals surface area contributed by atoms with Gasteiger partial charge in [-0.1, -0.05) is 0 Å². The highest BCUT2D eigenvalue weighted by Gasteiger charge is 2.23. The summed E-state index contributed by atoms with van der Waals surface area (Å²) in [6.45, 7) is 9.93. The first-order valence-electron chi connectivity index (χ1n) is 8.68. The van der Waals surface area contributed by atoms with Gasteiger partial charge in [0.25, 0.3) is 0 Å². The van der Waals surface area contributed by atoms with Crippen LogP contribution in [0.2, 0.25) is 0 Å². The van der Waals surface area contributed by atoms with E-state index in [4.69, 9.17) is 9.15 Å². The van der Waals surface area contributed by atoms with Crippen LogP contribution in [0.15, 0.2) is 16.7 Å². The average Bonchev–Trinajstić information content (AvgIpc) is 2.94. The first-order chi connectivity index (χ1) is 10.9. The lowest BCUT2D eigenvalue weighted by Crippen LogP contribution is -2.38. The smallest absolute Gasteiger partial charge is 0.410 e. The van der Waals surface area contributed by atoms with Gasteiger partial charge in [-0.15, -0.1) is 0 Å². The van der Waals surface area contributed by atoms with E-state index in [1.165, 1.54) is 5.56 Å². The second kappa shape index (κ2) is 7.86. The minimum absolute atomic E-state index is 0.227. The van der Waals surface area contributed by atoms with Crippen LogP contribution in [-0.4, -0.2) is 36.2 Å². The Morgan fingerprint density at radius 1 is 1.48 bits per heavy atom. The normalized spacial score (nSPS) is 17.7. The molecule has 0 saturated heterocycles. The quantitative estimate of drug-likeness (QED) is 0.807. The summed E-state index contributed by atoms with van der Waals surface area (Å²) in [7, 11) is 0. The van der Waals surface area contributed by atoms with Crippen LogP contribution >= 0.6 is 0 Å². The van der Waals surface area contributed by atoms with Gasteiger partial charge >= 0.3 is 6.09 Å². The van der Waals surface area contributed by atoms with E-state index in [-0.39, 0.29) is 6.09 Å². The Bertz CT molecular complexity index is 505. The second-order valence-corrected chi connectivity index (χ2v) is 7.11. The van der Waals surface area contributed by atoms with E-state index >= 15 is 0 Å². The molecule has 1 aromatic heterocycles. The zero-order chi connectivity index (χ0) is 16.9. The third-order valence-electron chi connectivity index (χ3n) is 4.08. The Morgan fingerprint density at radius 3 is 2.96 bits per heavy atom. The molecule has 1 atom stereocenters. The topological polar surface area (TPSA) is 54.7 Å². The van der Waals surface area contributed by atoms with E-state index in [2.05, 4.69) is 11.4 Å². The summed E-state index contributed by atoms with van der Waals surface area (Å²) in [5, 5.41) is 3.59. The number of ether oxygens (including phenoxy) is 1. The Morgan fingerprint density at radius 2 is 2.26 bits per heavy atom. The first kappa shape index (κ1) is 17.9. The predicted molar refractivity (Wildman–Crippen MR) is 90.5 cm³/mol. The van der Waals surface area contributed by atoms with Crippen molar-refractivity contribution in [2.24, 2.45) is 0 Å².